The number of aromatic nitrogens is 1. The first-order chi connectivity index (χ1) is 7.10. The van der Waals surface area contributed by atoms with Crippen LogP contribution in [0.3, 0.4) is 0 Å². The molecule has 0 amide bonds. The zero-order valence-electron chi connectivity index (χ0n) is 7.86. The molecule has 0 unspecified atom stereocenters. The van der Waals surface area contributed by atoms with Crippen LogP contribution in [0.4, 0.5) is 0 Å². The molecule has 5 nitrogen and oxygen atoms in total. The molecule has 80 valence electrons. The minimum Gasteiger partial charge on any atom is -0.478 e. The van der Waals surface area contributed by atoms with Crippen LogP contribution in [-0.4, -0.2) is 29.1 Å². The average molecular weight is 230 g/mol. The molecule has 0 fully saturated rings. The van der Waals surface area contributed by atoms with Gasteiger partial charge in [0, 0.05) is 12.1 Å². The molecule has 0 aromatic carbocycles. The number of nitrogens with zero attached hydrogens (tertiary/aromatic N) is 1. The number of pyridine rings is 1. The fraction of sp³-hybridized carbons (Fsp3) is 0.222. The molecule has 0 aliphatic carbocycles. The van der Waals surface area contributed by atoms with E-state index in [4.69, 9.17) is 16.7 Å². The monoisotopic (exact) mass is 229 g/mol. The number of hydrogen-bond donors (Lipinski definition) is 1. The van der Waals surface area contributed by atoms with Crippen molar-refractivity contribution in [2.45, 2.75) is 5.88 Å². The lowest BCUT2D eigenvalue weighted by atomic mass is 10.1. The molecule has 0 spiro atoms. The lowest BCUT2D eigenvalue weighted by Crippen LogP contribution is -2.12. The SMILES string of the molecule is COC(=O)c1ncc(CCl)cc1C(=O)O. The first-order valence-electron chi connectivity index (χ1n) is 3.96. The van der Waals surface area contributed by atoms with Gasteiger partial charge in [-0.1, -0.05) is 0 Å². The first-order valence-corrected chi connectivity index (χ1v) is 4.50. The van der Waals surface area contributed by atoms with E-state index in [0.717, 1.165) is 7.11 Å². The second-order valence-corrected chi connectivity index (χ2v) is 2.94. The summed E-state index contributed by atoms with van der Waals surface area (Å²) < 4.78 is 4.40. The van der Waals surface area contributed by atoms with Gasteiger partial charge in [-0.25, -0.2) is 14.6 Å². The van der Waals surface area contributed by atoms with Gasteiger partial charge in [0.05, 0.1) is 12.7 Å². The third-order valence-corrected chi connectivity index (χ3v) is 2.02. The van der Waals surface area contributed by atoms with Gasteiger partial charge < -0.3 is 9.84 Å². The van der Waals surface area contributed by atoms with Crippen molar-refractivity contribution in [3.63, 3.8) is 0 Å². The number of halogens is 1. The Morgan fingerprint density at radius 2 is 2.27 bits per heavy atom. The Kier molecular flexibility index (Phi) is 3.62. The van der Waals surface area contributed by atoms with Gasteiger partial charge in [-0.2, -0.15) is 0 Å². The number of aromatic carboxylic acids is 1. The molecule has 15 heavy (non-hydrogen) atoms. The summed E-state index contributed by atoms with van der Waals surface area (Å²) in [6.07, 6.45) is 1.34. The highest BCUT2D eigenvalue weighted by Crippen LogP contribution is 2.12. The molecule has 6 heteroatoms. The number of hydrogen-bond acceptors (Lipinski definition) is 4. The van der Waals surface area contributed by atoms with E-state index in [2.05, 4.69) is 9.72 Å². The molecule has 0 aliphatic rings. The largest absolute Gasteiger partial charge is 0.478 e. The Morgan fingerprint density at radius 1 is 1.60 bits per heavy atom. The summed E-state index contributed by atoms with van der Waals surface area (Å²) in [5.74, 6) is -1.89. The topological polar surface area (TPSA) is 76.5 Å². The van der Waals surface area contributed by atoms with Crippen LogP contribution in [-0.2, 0) is 10.6 Å². The van der Waals surface area contributed by atoms with Crippen LogP contribution in [0.15, 0.2) is 12.3 Å². The summed E-state index contributed by atoms with van der Waals surface area (Å²) in [6, 6.07) is 1.30. The first kappa shape index (κ1) is 11.5. The van der Waals surface area contributed by atoms with Crippen molar-refractivity contribution in [3.8, 4) is 0 Å². The van der Waals surface area contributed by atoms with E-state index < -0.39 is 11.9 Å². The highest BCUT2D eigenvalue weighted by molar-refractivity contribution is 6.17. The molecule has 1 aromatic rings. The predicted molar refractivity (Wildman–Crippen MR) is 52.1 cm³/mol. The zero-order valence-corrected chi connectivity index (χ0v) is 8.61. The van der Waals surface area contributed by atoms with E-state index in [9.17, 15) is 9.59 Å². The number of carboxylic acids is 1. The Labute approximate surface area is 90.6 Å². The van der Waals surface area contributed by atoms with Gasteiger partial charge in [0.15, 0.2) is 5.69 Å². The maximum atomic E-state index is 11.2. The van der Waals surface area contributed by atoms with E-state index in [1.165, 1.54) is 12.3 Å². The Balaban J connectivity index is 3.27. The van der Waals surface area contributed by atoms with E-state index in [0.29, 0.717) is 5.56 Å². The van der Waals surface area contributed by atoms with Crippen LogP contribution in [0.1, 0.15) is 26.4 Å². The van der Waals surface area contributed by atoms with Crippen molar-refractivity contribution in [2.24, 2.45) is 0 Å². The van der Waals surface area contributed by atoms with Crippen molar-refractivity contribution in [2.75, 3.05) is 7.11 Å². The van der Waals surface area contributed by atoms with E-state index in [1.807, 2.05) is 0 Å². The van der Waals surface area contributed by atoms with Crippen molar-refractivity contribution in [1.82, 2.24) is 4.98 Å². The average Bonchev–Trinajstić information content (AvgIpc) is 2.27. The van der Waals surface area contributed by atoms with Gasteiger partial charge in [-0.3, -0.25) is 0 Å². The summed E-state index contributed by atoms with van der Waals surface area (Å²) in [6.45, 7) is 0. The number of rotatable bonds is 3. The molecule has 0 aliphatic heterocycles. The van der Waals surface area contributed by atoms with Gasteiger partial charge >= 0.3 is 11.9 Å². The normalized spacial score (nSPS) is 9.73. The molecule has 0 saturated heterocycles. The van der Waals surface area contributed by atoms with Gasteiger partial charge in [0.25, 0.3) is 0 Å². The minimum atomic E-state index is -1.24. The summed E-state index contributed by atoms with van der Waals surface area (Å²) in [7, 11) is 1.16. The quantitative estimate of drug-likeness (QED) is 0.625. The lowest BCUT2D eigenvalue weighted by molar-refractivity contribution is 0.0575. The van der Waals surface area contributed by atoms with Crippen molar-refractivity contribution >= 4 is 23.5 Å². The number of methoxy groups -OCH3 is 1. The van der Waals surface area contributed by atoms with Crippen molar-refractivity contribution in [3.05, 3.63) is 29.1 Å². The molecule has 0 bridgehead atoms. The zero-order chi connectivity index (χ0) is 11.4. The molecule has 0 atom stereocenters. The third-order valence-electron chi connectivity index (χ3n) is 1.71. The third kappa shape index (κ3) is 2.44. The highest BCUT2D eigenvalue weighted by Gasteiger charge is 2.19. The maximum Gasteiger partial charge on any atom is 0.357 e. The van der Waals surface area contributed by atoms with Crippen LogP contribution in [0.25, 0.3) is 0 Å². The number of alkyl halides is 1. The molecule has 1 N–H and O–H groups in total. The molecule has 1 rings (SSSR count). The fourth-order valence-corrected chi connectivity index (χ4v) is 1.15. The Morgan fingerprint density at radius 3 is 2.73 bits per heavy atom. The predicted octanol–water partition coefficient (Wildman–Crippen LogP) is 1.31. The number of esters is 1. The Bertz CT molecular complexity index is 405. The van der Waals surface area contributed by atoms with Gasteiger partial charge in [0.1, 0.15) is 0 Å². The second kappa shape index (κ2) is 4.75. The smallest absolute Gasteiger partial charge is 0.357 e. The standard InChI is InChI=1S/C9H8ClNO4/c1-15-9(14)7-6(8(12)13)2-5(3-10)4-11-7/h2,4H,3H2,1H3,(H,12,13). The van der Waals surface area contributed by atoms with Gasteiger partial charge in [0.2, 0.25) is 0 Å². The number of carboxylic acid groups (broad SMARTS) is 1. The van der Waals surface area contributed by atoms with Crippen LogP contribution < -0.4 is 0 Å². The number of carbonyl (C=O) groups excluding carboxylic acids is 1. The van der Waals surface area contributed by atoms with Crippen LogP contribution >= 0.6 is 11.6 Å². The van der Waals surface area contributed by atoms with E-state index in [-0.39, 0.29) is 17.1 Å². The molecule has 0 radical (unpaired) electrons. The summed E-state index contributed by atoms with van der Waals surface area (Å²) in [5, 5.41) is 8.84. The van der Waals surface area contributed by atoms with E-state index >= 15 is 0 Å². The summed E-state index contributed by atoms with van der Waals surface area (Å²) in [5.41, 5.74) is 0.0978. The molecular weight excluding hydrogens is 222 g/mol. The maximum absolute atomic E-state index is 11.2. The fourth-order valence-electron chi connectivity index (χ4n) is 1.00. The van der Waals surface area contributed by atoms with E-state index in [1.54, 1.807) is 0 Å². The lowest BCUT2D eigenvalue weighted by Gasteiger charge is -2.04. The highest BCUT2D eigenvalue weighted by atomic mass is 35.5. The van der Waals surface area contributed by atoms with Crippen molar-refractivity contribution in [1.29, 1.82) is 0 Å². The minimum absolute atomic E-state index is 0.134. The second-order valence-electron chi connectivity index (χ2n) is 2.67. The van der Waals surface area contributed by atoms with Crippen LogP contribution in [0.2, 0.25) is 0 Å². The Hall–Kier alpha value is -1.62. The molecule has 1 aromatic heterocycles. The van der Waals surface area contributed by atoms with Crippen molar-refractivity contribution < 1.29 is 19.4 Å². The summed E-state index contributed by atoms with van der Waals surface area (Å²) in [4.78, 5) is 25.7. The molecular formula is C9H8ClNO4. The molecule has 1 heterocycles. The molecule has 0 saturated carbocycles. The van der Waals surface area contributed by atoms with Crippen LogP contribution in [0, 0.1) is 0 Å². The van der Waals surface area contributed by atoms with Crippen LogP contribution in [0.5, 0.6) is 0 Å². The van der Waals surface area contributed by atoms with Gasteiger partial charge in [-0.05, 0) is 11.6 Å². The number of carbonyl (C=O) groups is 2. The summed E-state index contributed by atoms with van der Waals surface area (Å²) >= 11 is 5.52. The van der Waals surface area contributed by atoms with Gasteiger partial charge in [-0.15, -0.1) is 11.6 Å². The number of ether oxygens (including phenoxy) is 1.